The van der Waals surface area contributed by atoms with Gasteiger partial charge in [-0.2, -0.15) is 0 Å². The standard InChI is InChI=1S/C15H13NO4/c1-4-19-9-5-16-12-11(8(9)3)15-10(7(2)6-20-15)13(17)14(12)18/h5-6H,4H2,1-3H3. The first kappa shape index (κ1) is 12.6. The summed E-state index contributed by atoms with van der Waals surface area (Å²) >= 11 is 0. The molecule has 0 radical (unpaired) electrons. The Morgan fingerprint density at radius 3 is 2.65 bits per heavy atom. The summed E-state index contributed by atoms with van der Waals surface area (Å²) in [7, 11) is 0. The minimum Gasteiger partial charge on any atom is -0.492 e. The minimum absolute atomic E-state index is 0.137. The van der Waals surface area contributed by atoms with Gasteiger partial charge in [-0.1, -0.05) is 0 Å². The molecule has 5 heteroatoms. The number of ketones is 2. The SMILES string of the molecule is CCOc1cnc2c(c1C)-c1occ(C)c1C(=O)C2=O. The zero-order chi connectivity index (χ0) is 14.4. The number of nitrogens with zero attached hydrogens (tertiary/aromatic N) is 1. The maximum atomic E-state index is 12.2. The first-order valence-corrected chi connectivity index (χ1v) is 6.36. The van der Waals surface area contributed by atoms with Crippen molar-refractivity contribution < 1.29 is 18.7 Å². The highest BCUT2D eigenvalue weighted by Gasteiger charge is 2.37. The molecule has 0 atom stereocenters. The second kappa shape index (κ2) is 4.30. The van der Waals surface area contributed by atoms with Gasteiger partial charge in [0, 0.05) is 5.56 Å². The Morgan fingerprint density at radius 2 is 1.95 bits per heavy atom. The van der Waals surface area contributed by atoms with Crippen molar-refractivity contribution in [2.45, 2.75) is 20.8 Å². The molecule has 3 rings (SSSR count). The smallest absolute Gasteiger partial charge is 0.252 e. The van der Waals surface area contributed by atoms with Gasteiger partial charge in [-0.05, 0) is 26.3 Å². The van der Waals surface area contributed by atoms with Gasteiger partial charge in [0.25, 0.3) is 5.78 Å². The predicted molar refractivity (Wildman–Crippen MR) is 71.2 cm³/mol. The molecular weight excluding hydrogens is 258 g/mol. The van der Waals surface area contributed by atoms with Crippen LogP contribution in [0, 0.1) is 13.8 Å². The van der Waals surface area contributed by atoms with Crippen LogP contribution in [0.25, 0.3) is 11.3 Å². The molecule has 0 aliphatic heterocycles. The molecule has 0 aromatic carbocycles. The predicted octanol–water partition coefficient (Wildman–Crippen LogP) is 2.74. The molecule has 0 spiro atoms. The number of carbonyl (C=O) groups is 2. The zero-order valence-corrected chi connectivity index (χ0v) is 11.4. The highest BCUT2D eigenvalue weighted by molar-refractivity contribution is 6.52. The number of ether oxygens (including phenoxy) is 1. The Kier molecular flexibility index (Phi) is 2.71. The van der Waals surface area contributed by atoms with Crippen LogP contribution in [-0.4, -0.2) is 23.2 Å². The van der Waals surface area contributed by atoms with E-state index in [4.69, 9.17) is 9.15 Å². The van der Waals surface area contributed by atoms with Crippen LogP contribution in [0.4, 0.5) is 0 Å². The molecule has 2 heterocycles. The number of furan rings is 1. The van der Waals surface area contributed by atoms with E-state index in [-0.39, 0.29) is 5.69 Å². The van der Waals surface area contributed by atoms with Gasteiger partial charge < -0.3 is 9.15 Å². The number of hydrogen-bond donors (Lipinski definition) is 0. The molecule has 0 saturated heterocycles. The van der Waals surface area contributed by atoms with Crippen LogP contribution < -0.4 is 4.74 Å². The van der Waals surface area contributed by atoms with E-state index in [2.05, 4.69) is 4.98 Å². The third-order valence-electron chi connectivity index (χ3n) is 3.44. The van der Waals surface area contributed by atoms with E-state index in [1.807, 2.05) is 13.8 Å². The number of hydrogen-bond acceptors (Lipinski definition) is 5. The van der Waals surface area contributed by atoms with Gasteiger partial charge >= 0.3 is 0 Å². The van der Waals surface area contributed by atoms with Crippen LogP contribution in [0.15, 0.2) is 16.9 Å². The fourth-order valence-electron chi connectivity index (χ4n) is 2.47. The van der Waals surface area contributed by atoms with Gasteiger partial charge in [-0.25, -0.2) is 4.98 Å². The maximum Gasteiger partial charge on any atom is 0.252 e. The van der Waals surface area contributed by atoms with Crippen LogP contribution >= 0.6 is 0 Å². The quantitative estimate of drug-likeness (QED) is 0.785. The number of aromatic nitrogens is 1. The van der Waals surface area contributed by atoms with E-state index >= 15 is 0 Å². The Hall–Kier alpha value is -2.43. The van der Waals surface area contributed by atoms with Crippen molar-refractivity contribution >= 4 is 11.6 Å². The normalized spacial score (nSPS) is 13.2. The molecule has 2 aromatic heterocycles. The number of rotatable bonds is 2. The molecule has 0 amide bonds. The summed E-state index contributed by atoms with van der Waals surface area (Å²) in [6.07, 6.45) is 2.96. The molecule has 2 aromatic rings. The number of fused-ring (bicyclic) bond motifs is 3. The molecule has 102 valence electrons. The van der Waals surface area contributed by atoms with Crippen molar-refractivity contribution in [2.24, 2.45) is 0 Å². The summed E-state index contributed by atoms with van der Waals surface area (Å²) in [4.78, 5) is 28.3. The lowest BCUT2D eigenvalue weighted by atomic mass is 9.88. The molecule has 1 aliphatic carbocycles. The summed E-state index contributed by atoms with van der Waals surface area (Å²) in [6, 6.07) is 0. The topological polar surface area (TPSA) is 69.4 Å². The molecule has 0 N–H and O–H groups in total. The van der Waals surface area contributed by atoms with E-state index in [0.29, 0.717) is 34.8 Å². The Morgan fingerprint density at radius 1 is 1.20 bits per heavy atom. The van der Waals surface area contributed by atoms with E-state index in [0.717, 1.165) is 5.56 Å². The lowest BCUT2D eigenvalue weighted by molar-refractivity contribution is 0.0811. The van der Waals surface area contributed by atoms with Crippen LogP contribution in [0.2, 0.25) is 0 Å². The fourth-order valence-corrected chi connectivity index (χ4v) is 2.47. The summed E-state index contributed by atoms with van der Waals surface area (Å²) in [5, 5.41) is 0. The molecule has 0 unspecified atom stereocenters. The van der Waals surface area contributed by atoms with Crippen molar-refractivity contribution in [1.29, 1.82) is 0 Å². The average molecular weight is 271 g/mol. The van der Waals surface area contributed by atoms with Crippen LogP contribution in [0.3, 0.4) is 0 Å². The molecule has 0 saturated carbocycles. The number of pyridine rings is 1. The first-order valence-electron chi connectivity index (χ1n) is 6.36. The average Bonchev–Trinajstić information content (AvgIpc) is 2.80. The van der Waals surface area contributed by atoms with Gasteiger partial charge in [-0.3, -0.25) is 9.59 Å². The van der Waals surface area contributed by atoms with Crippen molar-refractivity contribution in [3.05, 3.63) is 34.8 Å². The third-order valence-corrected chi connectivity index (χ3v) is 3.44. The molecule has 5 nitrogen and oxygen atoms in total. The molecular formula is C15H13NO4. The lowest BCUT2D eigenvalue weighted by Crippen LogP contribution is -2.23. The van der Waals surface area contributed by atoms with Crippen LogP contribution in [-0.2, 0) is 0 Å². The van der Waals surface area contributed by atoms with Crippen molar-refractivity contribution in [3.8, 4) is 17.1 Å². The van der Waals surface area contributed by atoms with Crippen LogP contribution in [0.1, 0.15) is 38.9 Å². The molecule has 1 aliphatic rings. The van der Waals surface area contributed by atoms with E-state index < -0.39 is 11.6 Å². The Balaban J connectivity index is 2.34. The van der Waals surface area contributed by atoms with Gasteiger partial charge in [0.2, 0.25) is 5.78 Å². The van der Waals surface area contributed by atoms with E-state index in [9.17, 15) is 9.59 Å². The van der Waals surface area contributed by atoms with Gasteiger partial charge in [0.1, 0.15) is 17.2 Å². The molecule has 0 bridgehead atoms. The zero-order valence-electron chi connectivity index (χ0n) is 11.4. The monoisotopic (exact) mass is 271 g/mol. The highest BCUT2D eigenvalue weighted by atomic mass is 16.5. The Labute approximate surface area is 115 Å². The van der Waals surface area contributed by atoms with Gasteiger partial charge in [0.05, 0.1) is 30.2 Å². The number of carbonyl (C=O) groups excluding carboxylic acids is 2. The summed E-state index contributed by atoms with van der Waals surface area (Å²) in [6.45, 7) is 5.94. The van der Waals surface area contributed by atoms with Gasteiger partial charge in [0.15, 0.2) is 0 Å². The number of aryl methyl sites for hydroxylation is 1. The van der Waals surface area contributed by atoms with Crippen molar-refractivity contribution in [1.82, 2.24) is 4.98 Å². The van der Waals surface area contributed by atoms with Crippen LogP contribution in [0.5, 0.6) is 5.75 Å². The number of Topliss-reactive ketones (excluding diaryl/α,β-unsaturated/α-hetero) is 2. The lowest BCUT2D eigenvalue weighted by Gasteiger charge is -2.17. The summed E-state index contributed by atoms with van der Waals surface area (Å²) in [5.41, 5.74) is 2.45. The largest absolute Gasteiger partial charge is 0.492 e. The minimum atomic E-state index is -0.594. The Bertz CT molecular complexity index is 743. The summed E-state index contributed by atoms with van der Waals surface area (Å²) in [5.74, 6) is -0.153. The van der Waals surface area contributed by atoms with E-state index in [1.165, 1.54) is 12.5 Å². The maximum absolute atomic E-state index is 12.2. The summed E-state index contributed by atoms with van der Waals surface area (Å²) < 4.78 is 11.0. The fraction of sp³-hybridized carbons (Fsp3) is 0.267. The third kappa shape index (κ3) is 1.52. The van der Waals surface area contributed by atoms with Crippen molar-refractivity contribution in [2.75, 3.05) is 6.61 Å². The second-order valence-corrected chi connectivity index (χ2v) is 4.69. The molecule has 20 heavy (non-hydrogen) atoms. The van der Waals surface area contributed by atoms with E-state index in [1.54, 1.807) is 6.92 Å². The first-order chi connectivity index (χ1) is 9.56. The molecule has 0 fully saturated rings. The second-order valence-electron chi connectivity index (χ2n) is 4.69. The van der Waals surface area contributed by atoms with Crippen molar-refractivity contribution in [3.63, 3.8) is 0 Å². The van der Waals surface area contributed by atoms with Gasteiger partial charge in [-0.15, -0.1) is 0 Å². The highest BCUT2D eigenvalue weighted by Crippen LogP contribution is 2.40.